The number of nitrogens with zero attached hydrogens (tertiary/aromatic N) is 2. The van der Waals surface area contributed by atoms with Crippen molar-refractivity contribution in [1.29, 1.82) is 0 Å². The summed E-state index contributed by atoms with van der Waals surface area (Å²) in [4.78, 5) is 8.65. The number of rotatable bonds is 7. The summed E-state index contributed by atoms with van der Waals surface area (Å²) in [5.41, 5.74) is 1.34. The molecule has 0 aliphatic heterocycles. The molecule has 0 amide bonds. The zero-order valence-corrected chi connectivity index (χ0v) is 13.9. The fourth-order valence-electron chi connectivity index (χ4n) is 2.41. The Bertz CT molecular complexity index is 392. The van der Waals surface area contributed by atoms with Crippen molar-refractivity contribution in [1.82, 2.24) is 10.3 Å². The second-order valence-electron chi connectivity index (χ2n) is 5.12. The minimum Gasteiger partial charge on any atom is -0.350 e. The molecule has 0 saturated carbocycles. The van der Waals surface area contributed by atoms with Crippen molar-refractivity contribution in [3.05, 3.63) is 10.6 Å². The van der Waals surface area contributed by atoms with Crippen LogP contribution in [0.2, 0.25) is 0 Å². The Morgan fingerprint density at radius 3 is 3.11 bits per heavy atom. The topological polar surface area (TPSA) is 28.2 Å². The van der Waals surface area contributed by atoms with Gasteiger partial charge in [0.2, 0.25) is 0 Å². The van der Waals surface area contributed by atoms with Gasteiger partial charge in [-0.2, -0.15) is 11.8 Å². The van der Waals surface area contributed by atoms with Gasteiger partial charge in [0.15, 0.2) is 5.13 Å². The van der Waals surface area contributed by atoms with Crippen LogP contribution in [0.25, 0.3) is 0 Å². The van der Waals surface area contributed by atoms with E-state index in [2.05, 4.69) is 30.4 Å². The molecule has 0 aromatic carbocycles. The summed E-state index contributed by atoms with van der Waals surface area (Å²) < 4.78 is 0. The molecule has 1 atom stereocenters. The van der Waals surface area contributed by atoms with Gasteiger partial charge in [-0.05, 0) is 38.5 Å². The zero-order chi connectivity index (χ0) is 13.7. The zero-order valence-electron chi connectivity index (χ0n) is 12.2. The lowest BCUT2D eigenvalue weighted by atomic mass is 9.98. The largest absolute Gasteiger partial charge is 0.350 e. The number of hydrogen-bond acceptors (Lipinski definition) is 5. The summed E-state index contributed by atoms with van der Waals surface area (Å²) in [6.07, 6.45) is 7.05. The lowest BCUT2D eigenvalue weighted by Crippen LogP contribution is -2.24. The molecule has 1 aromatic heterocycles. The van der Waals surface area contributed by atoms with Crippen molar-refractivity contribution in [2.45, 2.75) is 38.6 Å². The molecular formula is C14H25N3S2. The number of thioether (sulfide) groups is 1. The summed E-state index contributed by atoms with van der Waals surface area (Å²) >= 11 is 3.79. The van der Waals surface area contributed by atoms with E-state index >= 15 is 0 Å². The van der Waals surface area contributed by atoms with Gasteiger partial charge in [0.25, 0.3) is 0 Å². The van der Waals surface area contributed by atoms with Crippen LogP contribution in [0.3, 0.4) is 0 Å². The Hall–Kier alpha value is -0.260. The molecule has 0 saturated heterocycles. The van der Waals surface area contributed by atoms with Crippen molar-refractivity contribution in [2.75, 3.05) is 37.0 Å². The van der Waals surface area contributed by atoms with Crippen molar-refractivity contribution < 1.29 is 0 Å². The lowest BCUT2D eigenvalue weighted by molar-refractivity contribution is 0.464. The number of hydrogen-bond donors (Lipinski definition) is 1. The van der Waals surface area contributed by atoms with E-state index in [9.17, 15) is 0 Å². The number of fused-ring (bicyclic) bond motifs is 1. The first-order valence-electron chi connectivity index (χ1n) is 7.19. The average Bonchev–Trinajstić information content (AvgIpc) is 2.87. The third kappa shape index (κ3) is 3.86. The first-order chi connectivity index (χ1) is 9.26. The van der Waals surface area contributed by atoms with Crippen molar-refractivity contribution >= 4 is 28.2 Å². The molecule has 1 N–H and O–H groups in total. The third-order valence-corrected chi connectivity index (χ3v) is 5.45. The Morgan fingerprint density at radius 2 is 2.37 bits per heavy atom. The molecule has 0 bridgehead atoms. The molecule has 1 aliphatic rings. The summed E-state index contributed by atoms with van der Waals surface area (Å²) in [6, 6.07) is 0.545. The number of thiazole rings is 1. The standard InChI is InChI=1S/C14H25N3S2/c1-4-8-15-11-6-5-7-12-13(11)19-14(16-12)17(2)9-10-18-3/h11,15H,4-10H2,1-3H3. The van der Waals surface area contributed by atoms with E-state index in [-0.39, 0.29) is 0 Å². The SMILES string of the molecule is CCCNC1CCCc2nc(N(C)CCSC)sc21. The van der Waals surface area contributed by atoms with Crippen LogP contribution in [0.5, 0.6) is 0 Å². The number of aryl methyl sites for hydroxylation is 1. The molecule has 0 spiro atoms. The monoisotopic (exact) mass is 299 g/mol. The summed E-state index contributed by atoms with van der Waals surface area (Å²) in [5.74, 6) is 1.16. The second kappa shape index (κ2) is 7.50. The van der Waals surface area contributed by atoms with Crippen molar-refractivity contribution in [3.63, 3.8) is 0 Å². The highest BCUT2D eigenvalue weighted by Gasteiger charge is 2.24. The first kappa shape index (κ1) is 15.1. The maximum absolute atomic E-state index is 4.86. The van der Waals surface area contributed by atoms with E-state index < -0.39 is 0 Å². The molecule has 19 heavy (non-hydrogen) atoms. The highest BCUT2D eigenvalue weighted by molar-refractivity contribution is 7.98. The van der Waals surface area contributed by atoms with E-state index in [4.69, 9.17) is 4.98 Å². The fourth-order valence-corrected chi connectivity index (χ4v) is 4.07. The molecule has 3 nitrogen and oxygen atoms in total. The molecule has 1 aromatic rings. The molecule has 0 fully saturated rings. The highest BCUT2D eigenvalue weighted by atomic mass is 32.2. The summed E-state index contributed by atoms with van der Waals surface area (Å²) in [6.45, 7) is 4.42. The predicted molar refractivity (Wildman–Crippen MR) is 87.7 cm³/mol. The molecule has 1 aliphatic carbocycles. The van der Waals surface area contributed by atoms with Gasteiger partial charge in [0, 0.05) is 30.3 Å². The van der Waals surface area contributed by atoms with Crippen LogP contribution in [0.1, 0.15) is 42.8 Å². The van der Waals surface area contributed by atoms with Crippen LogP contribution in [0, 0.1) is 0 Å². The molecule has 1 unspecified atom stereocenters. The third-order valence-electron chi connectivity index (χ3n) is 3.54. The predicted octanol–water partition coefficient (Wildman–Crippen LogP) is 3.32. The minimum atomic E-state index is 0.545. The average molecular weight is 300 g/mol. The summed E-state index contributed by atoms with van der Waals surface area (Å²) in [7, 11) is 2.16. The normalized spacial score (nSPS) is 18.4. The van der Waals surface area contributed by atoms with E-state index in [1.54, 1.807) is 0 Å². The molecule has 5 heteroatoms. The molecule has 2 rings (SSSR count). The van der Waals surface area contributed by atoms with Crippen LogP contribution < -0.4 is 10.2 Å². The van der Waals surface area contributed by atoms with Crippen LogP contribution in [-0.2, 0) is 6.42 Å². The van der Waals surface area contributed by atoms with Crippen LogP contribution >= 0.6 is 23.1 Å². The van der Waals surface area contributed by atoms with Gasteiger partial charge < -0.3 is 10.2 Å². The molecule has 108 valence electrons. The lowest BCUT2D eigenvalue weighted by Gasteiger charge is -2.22. The van der Waals surface area contributed by atoms with Crippen LogP contribution in [-0.4, -0.2) is 37.1 Å². The van der Waals surface area contributed by atoms with Gasteiger partial charge in [-0.1, -0.05) is 18.3 Å². The van der Waals surface area contributed by atoms with Crippen LogP contribution in [0.15, 0.2) is 0 Å². The number of nitrogens with one attached hydrogen (secondary N) is 1. The van der Waals surface area contributed by atoms with Gasteiger partial charge >= 0.3 is 0 Å². The molecule has 0 radical (unpaired) electrons. The minimum absolute atomic E-state index is 0.545. The van der Waals surface area contributed by atoms with Gasteiger partial charge in [-0.15, -0.1) is 0 Å². The van der Waals surface area contributed by atoms with Crippen LogP contribution in [0.4, 0.5) is 5.13 Å². The molecule has 1 heterocycles. The van der Waals surface area contributed by atoms with Crippen molar-refractivity contribution in [3.8, 4) is 0 Å². The maximum atomic E-state index is 4.86. The second-order valence-corrected chi connectivity index (χ2v) is 7.12. The smallest absolute Gasteiger partial charge is 0.185 e. The Kier molecular flexibility index (Phi) is 5.98. The molecular weight excluding hydrogens is 274 g/mol. The van der Waals surface area contributed by atoms with Gasteiger partial charge in [-0.3, -0.25) is 0 Å². The van der Waals surface area contributed by atoms with E-state index in [0.717, 1.165) is 25.3 Å². The van der Waals surface area contributed by atoms with Gasteiger partial charge in [0.05, 0.1) is 5.69 Å². The number of anilines is 1. The Labute approximate surface area is 125 Å². The van der Waals surface area contributed by atoms with Crippen molar-refractivity contribution in [2.24, 2.45) is 0 Å². The number of aromatic nitrogens is 1. The highest BCUT2D eigenvalue weighted by Crippen LogP contribution is 2.37. The van der Waals surface area contributed by atoms with E-state index in [1.807, 2.05) is 23.1 Å². The Morgan fingerprint density at radius 1 is 1.53 bits per heavy atom. The van der Waals surface area contributed by atoms with Gasteiger partial charge in [-0.25, -0.2) is 4.98 Å². The van der Waals surface area contributed by atoms with E-state index in [0.29, 0.717) is 6.04 Å². The quantitative estimate of drug-likeness (QED) is 0.836. The maximum Gasteiger partial charge on any atom is 0.185 e. The summed E-state index contributed by atoms with van der Waals surface area (Å²) in [5, 5.41) is 4.87. The fraction of sp³-hybridized carbons (Fsp3) is 0.786. The van der Waals surface area contributed by atoms with E-state index in [1.165, 1.54) is 35.0 Å². The Balaban J connectivity index is 2.07. The van der Waals surface area contributed by atoms with Gasteiger partial charge in [0.1, 0.15) is 0 Å². The first-order valence-corrected chi connectivity index (χ1v) is 9.40.